The summed E-state index contributed by atoms with van der Waals surface area (Å²) in [6.45, 7) is 3.48. The summed E-state index contributed by atoms with van der Waals surface area (Å²) < 4.78 is 24.1. The number of nitrogens with one attached hydrogen (secondary N) is 3. The molecule has 1 amide bonds. The van der Waals surface area contributed by atoms with Gasteiger partial charge in [0.1, 0.15) is 6.23 Å². The Balaban J connectivity index is 2.03. The predicted octanol–water partition coefficient (Wildman–Crippen LogP) is -0.382. The van der Waals surface area contributed by atoms with Crippen molar-refractivity contribution >= 4 is 13.7 Å². The van der Waals surface area contributed by atoms with Crippen molar-refractivity contribution in [2.45, 2.75) is 51.1 Å². The number of ether oxygens (including phenoxy) is 1. The van der Waals surface area contributed by atoms with Gasteiger partial charge in [0.15, 0.2) is 0 Å². The van der Waals surface area contributed by atoms with Crippen molar-refractivity contribution in [3.63, 3.8) is 0 Å². The van der Waals surface area contributed by atoms with E-state index < -0.39 is 55.9 Å². The molecule has 1 aromatic heterocycles. The summed E-state index contributed by atoms with van der Waals surface area (Å²) in [5.41, 5.74) is 13.6. The van der Waals surface area contributed by atoms with E-state index in [-0.39, 0.29) is 24.3 Å². The molecule has 6 atom stereocenters. The number of hydrogen-bond acceptors (Lipinski definition) is 9. The van der Waals surface area contributed by atoms with Crippen LogP contribution in [0.1, 0.15) is 31.6 Å². The van der Waals surface area contributed by atoms with Gasteiger partial charge in [-0.25, -0.2) is 9.36 Å². The molecule has 6 N–H and O–H groups in total. The van der Waals surface area contributed by atoms with E-state index in [0.29, 0.717) is 6.54 Å². The average Bonchev–Trinajstić information content (AvgIpc) is 3.12. The Morgan fingerprint density at radius 3 is 2.91 bits per heavy atom. The molecule has 1 saturated heterocycles. The molecule has 184 valence electrons. The number of nitrogens with zero attached hydrogens (tertiary/aromatic N) is 4. The Bertz CT molecular complexity index is 1050. The van der Waals surface area contributed by atoms with Crippen LogP contribution in [0, 0.1) is 12.8 Å². The second-order valence-corrected chi connectivity index (χ2v) is 9.44. The Morgan fingerprint density at radius 2 is 2.27 bits per heavy atom. The maximum atomic E-state index is 12.3. The summed E-state index contributed by atoms with van der Waals surface area (Å²) in [5.74, 6) is -0.793. The molecule has 0 radical (unpaired) electrons. The number of nitrogens with two attached hydrogens (primary N) is 1. The van der Waals surface area contributed by atoms with E-state index in [1.54, 1.807) is 7.05 Å². The van der Waals surface area contributed by atoms with Crippen LogP contribution in [0.2, 0.25) is 0 Å². The van der Waals surface area contributed by atoms with Crippen molar-refractivity contribution in [1.29, 1.82) is 0 Å². The minimum atomic E-state index is -4.60. The number of azide groups is 1. The van der Waals surface area contributed by atoms with Gasteiger partial charge >= 0.3 is 13.4 Å². The number of carbonyl (C=O) groups excluding carboxylic acids is 1. The van der Waals surface area contributed by atoms with Crippen LogP contribution >= 0.6 is 7.75 Å². The van der Waals surface area contributed by atoms with Crippen LogP contribution in [0.15, 0.2) is 20.9 Å². The van der Waals surface area contributed by atoms with Crippen molar-refractivity contribution < 1.29 is 23.5 Å². The molecular formula is C17H29N8O7P. The third-order valence-corrected chi connectivity index (χ3v) is 6.07. The number of hydrogen-bond donors (Lipinski definition) is 5. The lowest BCUT2D eigenvalue weighted by Crippen LogP contribution is -2.41. The van der Waals surface area contributed by atoms with Gasteiger partial charge in [0.2, 0.25) is 5.91 Å². The summed E-state index contributed by atoms with van der Waals surface area (Å²) >= 11 is 0. The van der Waals surface area contributed by atoms with E-state index in [1.807, 2.05) is 12.0 Å². The molecule has 16 heteroatoms. The van der Waals surface area contributed by atoms with E-state index in [4.69, 9.17) is 20.5 Å². The monoisotopic (exact) mass is 488 g/mol. The molecule has 0 spiro atoms. The van der Waals surface area contributed by atoms with Gasteiger partial charge in [0.05, 0.1) is 24.8 Å². The van der Waals surface area contributed by atoms with Gasteiger partial charge < -0.3 is 20.7 Å². The van der Waals surface area contributed by atoms with E-state index in [1.165, 1.54) is 13.1 Å². The van der Waals surface area contributed by atoms with Gasteiger partial charge in [-0.05, 0) is 38.4 Å². The molecule has 1 aromatic rings. The van der Waals surface area contributed by atoms with Crippen molar-refractivity contribution in [2.24, 2.45) is 16.8 Å². The second kappa shape index (κ2) is 11.6. The third-order valence-electron chi connectivity index (χ3n) is 5.07. The van der Waals surface area contributed by atoms with Gasteiger partial charge in [0, 0.05) is 23.1 Å². The molecular weight excluding hydrogens is 459 g/mol. The molecule has 0 bridgehead atoms. The highest BCUT2D eigenvalue weighted by molar-refractivity contribution is 7.51. The van der Waals surface area contributed by atoms with E-state index in [0.717, 1.165) is 4.57 Å². The van der Waals surface area contributed by atoms with Gasteiger partial charge in [0.25, 0.3) is 5.56 Å². The van der Waals surface area contributed by atoms with E-state index in [2.05, 4.69) is 20.3 Å². The Kier molecular flexibility index (Phi) is 9.37. The molecule has 1 fully saturated rings. The fourth-order valence-corrected chi connectivity index (χ4v) is 4.28. The van der Waals surface area contributed by atoms with Gasteiger partial charge in [-0.15, -0.1) is 0 Å². The number of carbonyl (C=O) groups is 1. The number of H-pyrrole nitrogens is 1. The zero-order valence-corrected chi connectivity index (χ0v) is 19.4. The predicted molar refractivity (Wildman–Crippen MR) is 117 cm³/mol. The quantitative estimate of drug-likeness (QED) is 0.118. The normalized spacial score (nSPS) is 23.8. The SMILES string of the molecule is CNCC(C)C[C@H](N)C(=O)NP(=O)(O)OC[C@H]1O[C@@H](n2cc(C)c(=O)[nH]c2=O)C[C@@H]1N=[N+]=[N-]. The lowest BCUT2D eigenvalue weighted by atomic mass is 10.0. The first kappa shape index (κ1) is 26.7. The average molecular weight is 488 g/mol. The molecule has 0 aliphatic carbocycles. The molecule has 1 aliphatic heterocycles. The smallest absolute Gasteiger partial charge is 0.352 e. The van der Waals surface area contributed by atoms with Crippen LogP contribution in [0.4, 0.5) is 0 Å². The largest absolute Gasteiger partial charge is 0.432 e. The summed E-state index contributed by atoms with van der Waals surface area (Å²) in [6.07, 6.45) is -0.263. The maximum absolute atomic E-state index is 12.3. The van der Waals surface area contributed by atoms with Gasteiger partial charge in [-0.3, -0.25) is 28.8 Å². The van der Waals surface area contributed by atoms with Crippen molar-refractivity contribution in [1.82, 2.24) is 20.0 Å². The van der Waals surface area contributed by atoms with Crippen LogP contribution in [0.25, 0.3) is 10.4 Å². The highest BCUT2D eigenvalue weighted by Crippen LogP contribution is 2.39. The number of aromatic nitrogens is 2. The fourth-order valence-electron chi connectivity index (χ4n) is 3.43. The lowest BCUT2D eigenvalue weighted by molar-refractivity contribution is -0.121. The van der Waals surface area contributed by atoms with E-state index >= 15 is 0 Å². The van der Waals surface area contributed by atoms with Gasteiger partial charge in [-0.2, -0.15) is 0 Å². The first-order valence-electron chi connectivity index (χ1n) is 10.2. The first-order valence-corrected chi connectivity index (χ1v) is 11.8. The Labute approximate surface area is 188 Å². The minimum absolute atomic E-state index is 0.0554. The molecule has 33 heavy (non-hydrogen) atoms. The Morgan fingerprint density at radius 1 is 1.58 bits per heavy atom. The molecule has 1 aliphatic rings. The summed E-state index contributed by atoms with van der Waals surface area (Å²) in [7, 11) is -2.85. The van der Waals surface area contributed by atoms with Crippen LogP contribution in [0.3, 0.4) is 0 Å². The zero-order chi connectivity index (χ0) is 24.8. The first-order chi connectivity index (χ1) is 15.5. The Hall–Kier alpha value is -2.51. The molecule has 0 aromatic carbocycles. The highest BCUT2D eigenvalue weighted by atomic mass is 31.2. The van der Waals surface area contributed by atoms with E-state index in [9.17, 15) is 23.8 Å². The van der Waals surface area contributed by atoms with Gasteiger partial charge in [-0.1, -0.05) is 12.0 Å². The minimum Gasteiger partial charge on any atom is -0.352 e. The summed E-state index contributed by atoms with van der Waals surface area (Å²) in [6, 6.07) is -1.85. The van der Waals surface area contributed by atoms with Crippen LogP contribution in [0.5, 0.6) is 0 Å². The number of aryl methyl sites for hydroxylation is 1. The highest BCUT2D eigenvalue weighted by Gasteiger charge is 2.38. The molecule has 2 rings (SSSR count). The number of aromatic amines is 1. The van der Waals surface area contributed by atoms with Crippen LogP contribution in [-0.2, 0) is 18.6 Å². The maximum Gasteiger partial charge on any atom is 0.432 e. The lowest BCUT2D eigenvalue weighted by Gasteiger charge is -2.21. The topological polar surface area (TPSA) is 227 Å². The molecule has 2 heterocycles. The third kappa shape index (κ3) is 7.51. The molecule has 2 unspecified atom stereocenters. The van der Waals surface area contributed by atoms with Crippen molar-refractivity contribution in [2.75, 3.05) is 20.2 Å². The zero-order valence-electron chi connectivity index (χ0n) is 18.5. The summed E-state index contributed by atoms with van der Waals surface area (Å²) in [5, 5.41) is 8.43. The van der Waals surface area contributed by atoms with Crippen LogP contribution in [-0.4, -0.2) is 58.7 Å². The number of amides is 1. The van der Waals surface area contributed by atoms with Crippen molar-refractivity contribution in [3.8, 4) is 0 Å². The summed E-state index contributed by atoms with van der Waals surface area (Å²) in [4.78, 5) is 50.7. The second-order valence-electron chi connectivity index (χ2n) is 7.91. The van der Waals surface area contributed by atoms with Crippen LogP contribution < -0.4 is 27.4 Å². The van der Waals surface area contributed by atoms with Crippen molar-refractivity contribution in [3.05, 3.63) is 43.0 Å². The number of rotatable bonds is 11. The molecule has 0 saturated carbocycles. The standard InChI is InChI=1S/C17H29N8O7P/c1-9(6-20-3)4-11(18)16(27)23-33(29,30)31-8-13-12(22-24-19)5-14(32-13)25-7-10(2)15(26)21-17(25)28/h7,9,11-14,20H,4-6,8,18H2,1-3H3,(H,21,26,28)(H2,23,27,29,30)/t9?,11-,12-,13+,14+/m0/s1. The molecule has 15 nitrogen and oxygen atoms in total. The fraction of sp³-hybridized carbons (Fsp3) is 0.706.